The van der Waals surface area contributed by atoms with Crippen molar-refractivity contribution in [2.24, 2.45) is 5.92 Å². The summed E-state index contributed by atoms with van der Waals surface area (Å²) in [6.45, 7) is 10.1. The maximum Gasteiger partial charge on any atom is 0.0702 e. The summed E-state index contributed by atoms with van der Waals surface area (Å²) in [6, 6.07) is 6.74. The van der Waals surface area contributed by atoms with Gasteiger partial charge in [0.2, 0.25) is 0 Å². The largest absolute Gasteiger partial charge is 0.392 e. The van der Waals surface area contributed by atoms with Gasteiger partial charge in [0.25, 0.3) is 0 Å². The van der Waals surface area contributed by atoms with Gasteiger partial charge in [0.1, 0.15) is 0 Å². The minimum Gasteiger partial charge on any atom is -0.392 e. The lowest BCUT2D eigenvalue weighted by atomic mass is 10.0. The number of aliphatic hydroxyl groups excluding tert-OH is 1. The molecule has 3 heteroatoms. The first-order chi connectivity index (χ1) is 9.03. The normalized spacial score (nSPS) is 11.4. The van der Waals surface area contributed by atoms with E-state index in [1.165, 1.54) is 5.69 Å². The Balaban J connectivity index is 3.15. The van der Waals surface area contributed by atoms with Gasteiger partial charge in [-0.1, -0.05) is 43.6 Å². The SMILES string of the molecule is CCC(CC)N(CC(C)C)c1ccc(Br)cc1CO. The van der Waals surface area contributed by atoms with Gasteiger partial charge in [-0.2, -0.15) is 0 Å². The van der Waals surface area contributed by atoms with Crippen LogP contribution >= 0.6 is 15.9 Å². The number of anilines is 1. The molecular formula is C16H26BrNO. The van der Waals surface area contributed by atoms with Gasteiger partial charge in [0.05, 0.1) is 6.61 Å². The number of hydrogen-bond donors (Lipinski definition) is 1. The van der Waals surface area contributed by atoms with Crippen molar-refractivity contribution in [1.82, 2.24) is 0 Å². The van der Waals surface area contributed by atoms with E-state index in [0.29, 0.717) is 12.0 Å². The topological polar surface area (TPSA) is 23.5 Å². The fraction of sp³-hybridized carbons (Fsp3) is 0.625. The zero-order chi connectivity index (χ0) is 14.4. The highest BCUT2D eigenvalue weighted by Crippen LogP contribution is 2.28. The molecule has 0 bridgehead atoms. The number of hydrogen-bond acceptors (Lipinski definition) is 2. The molecule has 2 nitrogen and oxygen atoms in total. The van der Waals surface area contributed by atoms with Crippen LogP contribution in [0.15, 0.2) is 22.7 Å². The number of aliphatic hydroxyl groups is 1. The van der Waals surface area contributed by atoms with Crippen LogP contribution in [-0.4, -0.2) is 17.7 Å². The van der Waals surface area contributed by atoms with Crippen LogP contribution in [0.3, 0.4) is 0 Å². The Bertz CT molecular complexity index is 388. The number of rotatable bonds is 7. The molecular weight excluding hydrogens is 302 g/mol. The molecule has 0 spiro atoms. The first kappa shape index (κ1) is 16.5. The smallest absolute Gasteiger partial charge is 0.0702 e. The summed E-state index contributed by atoms with van der Waals surface area (Å²) in [6.07, 6.45) is 2.26. The highest BCUT2D eigenvalue weighted by molar-refractivity contribution is 9.10. The molecule has 0 aliphatic carbocycles. The fourth-order valence-electron chi connectivity index (χ4n) is 2.53. The second kappa shape index (κ2) is 7.91. The first-order valence-electron chi connectivity index (χ1n) is 7.19. The van der Waals surface area contributed by atoms with Gasteiger partial charge >= 0.3 is 0 Å². The summed E-state index contributed by atoms with van der Waals surface area (Å²) in [5, 5.41) is 9.61. The molecule has 1 N–H and O–H groups in total. The summed E-state index contributed by atoms with van der Waals surface area (Å²) in [5.74, 6) is 0.607. The summed E-state index contributed by atoms with van der Waals surface area (Å²) in [5.41, 5.74) is 2.18. The van der Waals surface area contributed by atoms with Gasteiger partial charge in [0.15, 0.2) is 0 Å². The minimum absolute atomic E-state index is 0.0868. The Morgan fingerprint density at radius 3 is 2.32 bits per heavy atom. The van der Waals surface area contributed by atoms with E-state index in [1.807, 2.05) is 6.07 Å². The molecule has 0 aliphatic rings. The molecule has 1 aromatic rings. The lowest BCUT2D eigenvalue weighted by molar-refractivity contribution is 0.281. The Kier molecular flexibility index (Phi) is 6.87. The lowest BCUT2D eigenvalue weighted by Crippen LogP contribution is -2.38. The average Bonchev–Trinajstić information content (AvgIpc) is 2.38. The van der Waals surface area contributed by atoms with Crippen molar-refractivity contribution in [3.8, 4) is 0 Å². The van der Waals surface area contributed by atoms with Crippen molar-refractivity contribution in [3.63, 3.8) is 0 Å². The molecule has 0 radical (unpaired) electrons. The second-order valence-corrected chi connectivity index (χ2v) is 6.36. The van der Waals surface area contributed by atoms with Crippen LogP contribution in [0.4, 0.5) is 5.69 Å². The predicted octanol–water partition coefficient (Wildman–Crippen LogP) is 4.59. The van der Waals surface area contributed by atoms with Crippen molar-refractivity contribution < 1.29 is 5.11 Å². The van der Waals surface area contributed by atoms with Gasteiger partial charge in [-0.15, -0.1) is 0 Å². The van der Waals surface area contributed by atoms with Crippen LogP contribution in [0.2, 0.25) is 0 Å². The van der Waals surface area contributed by atoms with Crippen molar-refractivity contribution in [2.45, 2.75) is 53.2 Å². The predicted molar refractivity (Wildman–Crippen MR) is 86.6 cm³/mol. The van der Waals surface area contributed by atoms with E-state index >= 15 is 0 Å². The maximum atomic E-state index is 9.61. The van der Waals surface area contributed by atoms with Crippen molar-refractivity contribution in [2.75, 3.05) is 11.4 Å². The molecule has 19 heavy (non-hydrogen) atoms. The molecule has 1 rings (SSSR count). The Morgan fingerprint density at radius 2 is 1.84 bits per heavy atom. The van der Waals surface area contributed by atoms with Crippen LogP contribution in [0.1, 0.15) is 46.1 Å². The summed E-state index contributed by atoms with van der Waals surface area (Å²) in [7, 11) is 0. The van der Waals surface area contributed by atoms with Crippen LogP contribution in [0, 0.1) is 5.92 Å². The van der Waals surface area contributed by atoms with Gasteiger partial charge in [-0.25, -0.2) is 0 Å². The summed E-state index contributed by atoms with van der Waals surface area (Å²) >= 11 is 3.48. The Hall–Kier alpha value is -0.540. The minimum atomic E-state index is 0.0868. The van der Waals surface area contributed by atoms with Gasteiger partial charge in [-0.05, 0) is 37.0 Å². The third-order valence-electron chi connectivity index (χ3n) is 3.47. The summed E-state index contributed by atoms with van der Waals surface area (Å²) in [4.78, 5) is 2.46. The standard InChI is InChI=1S/C16H26BrNO/c1-5-15(6-2)18(10-12(3)4)16-8-7-14(17)9-13(16)11-19/h7-9,12,15,19H,5-6,10-11H2,1-4H3. The molecule has 0 saturated heterocycles. The first-order valence-corrected chi connectivity index (χ1v) is 7.98. The molecule has 0 atom stereocenters. The molecule has 0 fully saturated rings. The van der Waals surface area contributed by atoms with Crippen molar-refractivity contribution in [3.05, 3.63) is 28.2 Å². The lowest BCUT2D eigenvalue weighted by Gasteiger charge is -2.35. The van der Waals surface area contributed by atoms with Gasteiger partial charge in [0, 0.05) is 28.3 Å². The van der Waals surface area contributed by atoms with E-state index in [-0.39, 0.29) is 6.61 Å². The molecule has 0 aliphatic heterocycles. The van der Waals surface area contributed by atoms with E-state index in [4.69, 9.17) is 0 Å². The molecule has 108 valence electrons. The van der Waals surface area contributed by atoms with Crippen LogP contribution < -0.4 is 4.90 Å². The highest BCUT2D eigenvalue weighted by atomic mass is 79.9. The van der Waals surface area contributed by atoms with Gasteiger partial charge in [-0.3, -0.25) is 0 Å². The molecule has 0 saturated carbocycles. The average molecular weight is 328 g/mol. The fourth-order valence-corrected chi connectivity index (χ4v) is 2.94. The van der Waals surface area contributed by atoms with E-state index in [2.05, 4.69) is 60.7 Å². The summed E-state index contributed by atoms with van der Waals surface area (Å²) < 4.78 is 1.02. The van der Waals surface area contributed by atoms with Crippen molar-refractivity contribution in [1.29, 1.82) is 0 Å². The Labute approximate surface area is 126 Å². The number of nitrogens with zero attached hydrogens (tertiary/aromatic N) is 1. The molecule has 1 aromatic carbocycles. The highest BCUT2D eigenvalue weighted by Gasteiger charge is 2.19. The maximum absolute atomic E-state index is 9.61. The van der Waals surface area contributed by atoms with Crippen LogP contribution in [0.5, 0.6) is 0 Å². The van der Waals surface area contributed by atoms with Crippen LogP contribution in [0.25, 0.3) is 0 Å². The third-order valence-corrected chi connectivity index (χ3v) is 3.96. The number of halogens is 1. The Morgan fingerprint density at radius 1 is 1.21 bits per heavy atom. The zero-order valence-corrected chi connectivity index (χ0v) is 14.1. The quantitative estimate of drug-likeness (QED) is 0.791. The number of benzene rings is 1. The van der Waals surface area contributed by atoms with E-state index < -0.39 is 0 Å². The van der Waals surface area contributed by atoms with Crippen LogP contribution in [-0.2, 0) is 6.61 Å². The molecule has 0 amide bonds. The molecule has 0 heterocycles. The van der Waals surface area contributed by atoms with E-state index in [9.17, 15) is 5.11 Å². The van der Waals surface area contributed by atoms with E-state index in [1.54, 1.807) is 0 Å². The third kappa shape index (κ3) is 4.50. The van der Waals surface area contributed by atoms with Crippen molar-refractivity contribution >= 4 is 21.6 Å². The molecule has 0 aromatic heterocycles. The molecule has 0 unspecified atom stereocenters. The zero-order valence-electron chi connectivity index (χ0n) is 12.5. The van der Waals surface area contributed by atoms with E-state index in [0.717, 1.165) is 29.4 Å². The monoisotopic (exact) mass is 327 g/mol. The van der Waals surface area contributed by atoms with Gasteiger partial charge < -0.3 is 10.0 Å². The second-order valence-electron chi connectivity index (χ2n) is 5.45.